The molecule has 0 aliphatic heterocycles. The van der Waals surface area contributed by atoms with Gasteiger partial charge in [-0.05, 0) is 25.1 Å². The van der Waals surface area contributed by atoms with Crippen molar-refractivity contribution in [3.05, 3.63) is 24.3 Å². The third-order valence-electron chi connectivity index (χ3n) is 2.04. The quantitative estimate of drug-likeness (QED) is 0.775. The summed E-state index contributed by atoms with van der Waals surface area (Å²) < 4.78 is 65.9. The molecule has 0 amide bonds. The van der Waals surface area contributed by atoms with Gasteiger partial charge in [-0.3, -0.25) is 0 Å². The van der Waals surface area contributed by atoms with E-state index in [1.54, 1.807) is 0 Å². The van der Waals surface area contributed by atoms with Gasteiger partial charge in [0.2, 0.25) is 10.0 Å². The van der Waals surface area contributed by atoms with E-state index in [0.717, 1.165) is 12.1 Å². The fraction of sp³-hybridized carbons (Fsp3) is 0.400. The van der Waals surface area contributed by atoms with Crippen LogP contribution in [0.3, 0.4) is 0 Å². The van der Waals surface area contributed by atoms with E-state index in [4.69, 9.17) is 5.73 Å². The molecule has 0 aromatic heterocycles. The molecular weight excluding hydrogens is 321 g/mol. The summed E-state index contributed by atoms with van der Waals surface area (Å²) in [5, 5.41) is 0. The van der Waals surface area contributed by atoms with Gasteiger partial charge >= 0.3 is 6.36 Å². The predicted molar refractivity (Wildman–Crippen MR) is 69.2 cm³/mol. The molecule has 0 heterocycles. The molecule has 0 spiro atoms. The van der Waals surface area contributed by atoms with E-state index in [0.29, 0.717) is 6.42 Å². The number of rotatable bonds is 6. The summed E-state index contributed by atoms with van der Waals surface area (Å²) in [6.45, 7) is 0.308. The van der Waals surface area contributed by atoms with Gasteiger partial charge in [0.25, 0.3) is 0 Å². The van der Waals surface area contributed by atoms with Crippen molar-refractivity contribution in [2.24, 2.45) is 5.73 Å². The smallest absolute Gasteiger partial charge is 0.404 e. The molecule has 0 atom stereocenters. The van der Waals surface area contributed by atoms with E-state index in [-0.39, 0.29) is 25.5 Å². The second-order valence-corrected chi connectivity index (χ2v) is 5.27. The Labute approximate surface area is 120 Å². The van der Waals surface area contributed by atoms with Crippen LogP contribution in [0.1, 0.15) is 6.42 Å². The molecule has 1 rings (SSSR count). The fourth-order valence-corrected chi connectivity index (χ4v) is 2.47. The summed E-state index contributed by atoms with van der Waals surface area (Å²) in [5.41, 5.74) is 5.20. The highest BCUT2D eigenvalue weighted by molar-refractivity contribution is 7.89. The zero-order valence-electron chi connectivity index (χ0n) is 10.2. The maximum atomic E-state index is 12.2. The molecule has 20 heavy (non-hydrogen) atoms. The predicted octanol–water partition coefficient (Wildman–Crippen LogP) is 1.63. The van der Waals surface area contributed by atoms with Crippen LogP contribution >= 0.6 is 12.4 Å². The van der Waals surface area contributed by atoms with Gasteiger partial charge in [-0.15, -0.1) is 25.6 Å². The monoisotopic (exact) mass is 334 g/mol. The third kappa shape index (κ3) is 5.95. The number of hydrogen-bond donors (Lipinski definition) is 2. The average molecular weight is 335 g/mol. The molecule has 0 saturated heterocycles. The van der Waals surface area contributed by atoms with Gasteiger partial charge in [0, 0.05) is 6.54 Å². The first-order valence-electron chi connectivity index (χ1n) is 5.31. The van der Waals surface area contributed by atoms with Crippen molar-refractivity contribution < 1.29 is 26.3 Å². The van der Waals surface area contributed by atoms with Gasteiger partial charge in [0.15, 0.2) is 0 Å². The normalized spacial score (nSPS) is 11.8. The highest BCUT2D eigenvalue weighted by atomic mass is 35.5. The molecule has 1 aromatic carbocycles. The Morgan fingerprint density at radius 1 is 1.25 bits per heavy atom. The largest absolute Gasteiger partial charge is 0.573 e. The second-order valence-electron chi connectivity index (χ2n) is 3.53. The number of sulfonamides is 1. The van der Waals surface area contributed by atoms with E-state index in [1.165, 1.54) is 12.1 Å². The van der Waals surface area contributed by atoms with Gasteiger partial charge in [-0.2, -0.15) is 0 Å². The van der Waals surface area contributed by atoms with E-state index in [2.05, 4.69) is 9.46 Å². The summed E-state index contributed by atoms with van der Waals surface area (Å²) in [5.74, 6) is -0.768. The van der Waals surface area contributed by atoms with E-state index < -0.39 is 27.0 Å². The molecule has 5 nitrogen and oxygen atoms in total. The van der Waals surface area contributed by atoms with Crippen molar-refractivity contribution in [3.8, 4) is 5.75 Å². The lowest BCUT2D eigenvalue weighted by atomic mass is 10.3. The van der Waals surface area contributed by atoms with Crippen molar-refractivity contribution in [2.45, 2.75) is 17.7 Å². The number of ether oxygens (including phenoxy) is 1. The van der Waals surface area contributed by atoms with E-state index in [1.807, 2.05) is 0 Å². The first-order chi connectivity index (χ1) is 8.76. The molecule has 0 aliphatic carbocycles. The van der Waals surface area contributed by atoms with Crippen LogP contribution in [-0.2, 0) is 10.0 Å². The van der Waals surface area contributed by atoms with Crippen LogP contribution in [0.5, 0.6) is 5.75 Å². The average Bonchev–Trinajstić information content (AvgIpc) is 2.27. The van der Waals surface area contributed by atoms with Crippen molar-refractivity contribution in [1.82, 2.24) is 4.72 Å². The fourth-order valence-electron chi connectivity index (χ4n) is 1.27. The molecule has 10 heteroatoms. The van der Waals surface area contributed by atoms with Crippen LogP contribution < -0.4 is 15.2 Å². The maximum Gasteiger partial charge on any atom is 0.573 e. The van der Waals surface area contributed by atoms with Gasteiger partial charge in [-0.1, -0.05) is 12.1 Å². The summed E-state index contributed by atoms with van der Waals surface area (Å²) in [7, 11) is -4.07. The van der Waals surface area contributed by atoms with Crippen molar-refractivity contribution in [2.75, 3.05) is 13.1 Å². The summed E-state index contributed by atoms with van der Waals surface area (Å²) in [4.78, 5) is -0.565. The number of nitrogens with one attached hydrogen (secondary N) is 1. The molecule has 0 aliphatic rings. The van der Waals surface area contributed by atoms with Crippen LogP contribution in [0.4, 0.5) is 13.2 Å². The summed E-state index contributed by atoms with van der Waals surface area (Å²) in [6, 6.07) is 4.53. The van der Waals surface area contributed by atoms with Gasteiger partial charge in [0.1, 0.15) is 10.6 Å². The Kier molecular flexibility index (Phi) is 7.28. The number of nitrogens with two attached hydrogens (primary N) is 1. The number of halogens is 4. The zero-order chi connectivity index (χ0) is 14.5. The third-order valence-corrected chi connectivity index (χ3v) is 3.54. The zero-order valence-corrected chi connectivity index (χ0v) is 11.8. The molecule has 0 saturated carbocycles. The molecule has 0 unspecified atom stereocenters. The topological polar surface area (TPSA) is 81.4 Å². The summed E-state index contributed by atoms with van der Waals surface area (Å²) in [6.07, 6.45) is -4.58. The standard InChI is InChI=1S/C10H13F3N2O3S.ClH/c11-10(12,13)18-8-4-1-2-5-9(8)19(16,17)15-7-3-6-14;/h1-2,4-5,15H,3,6-7,14H2;1H. The minimum Gasteiger partial charge on any atom is -0.404 e. The number of benzene rings is 1. The second kappa shape index (κ2) is 7.67. The van der Waals surface area contributed by atoms with Crippen molar-refractivity contribution >= 4 is 22.4 Å². The van der Waals surface area contributed by atoms with Crippen LogP contribution in [0, 0.1) is 0 Å². The molecule has 0 fully saturated rings. The van der Waals surface area contributed by atoms with Crippen LogP contribution in [-0.4, -0.2) is 27.9 Å². The van der Waals surface area contributed by atoms with Crippen LogP contribution in [0.25, 0.3) is 0 Å². The van der Waals surface area contributed by atoms with E-state index in [9.17, 15) is 21.6 Å². The Morgan fingerprint density at radius 3 is 2.40 bits per heavy atom. The number of hydrogen-bond acceptors (Lipinski definition) is 4. The first kappa shape index (κ1) is 19.0. The van der Waals surface area contributed by atoms with Crippen LogP contribution in [0.2, 0.25) is 0 Å². The van der Waals surface area contributed by atoms with Crippen LogP contribution in [0.15, 0.2) is 29.2 Å². The highest BCUT2D eigenvalue weighted by Crippen LogP contribution is 2.29. The van der Waals surface area contributed by atoms with E-state index >= 15 is 0 Å². The lowest BCUT2D eigenvalue weighted by Crippen LogP contribution is -2.27. The lowest BCUT2D eigenvalue weighted by molar-refractivity contribution is -0.275. The minimum atomic E-state index is -4.96. The van der Waals surface area contributed by atoms with Crippen molar-refractivity contribution in [1.29, 1.82) is 0 Å². The molecule has 3 N–H and O–H groups in total. The lowest BCUT2D eigenvalue weighted by Gasteiger charge is -2.13. The SMILES string of the molecule is Cl.NCCCNS(=O)(=O)c1ccccc1OC(F)(F)F. The Balaban J connectivity index is 0.00000361. The van der Waals surface area contributed by atoms with Gasteiger partial charge < -0.3 is 10.5 Å². The molecule has 1 aromatic rings. The first-order valence-corrected chi connectivity index (χ1v) is 6.79. The number of para-hydroxylation sites is 1. The molecule has 0 radical (unpaired) electrons. The van der Waals surface area contributed by atoms with Crippen molar-refractivity contribution in [3.63, 3.8) is 0 Å². The Bertz CT molecular complexity index is 523. The molecule has 0 bridgehead atoms. The highest BCUT2D eigenvalue weighted by Gasteiger charge is 2.33. The molecular formula is C10H14ClF3N2O3S. The van der Waals surface area contributed by atoms with Gasteiger partial charge in [0.05, 0.1) is 0 Å². The Hall–Kier alpha value is -1.03. The maximum absolute atomic E-state index is 12.2. The molecule has 116 valence electrons. The summed E-state index contributed by atoms with van der Waals surface area (Å²) >= 11 is 0. The number of alkyl halides is 3. The Morgan fingerprint density at radius 2 is 1.85 bits per heavy atom. The van der Waals surface area contributed by atoms with Gasteiger partial charge in [-0.25, -0.2) is 13.1 Å². The minimum absolute atomic E-state index is 0.